The zero-order valence-corrected chi connectivity index (χ0v) is 21.7. The predicted molar refractivity (Wildman–Crippen MR) is 143 cm³/mol. The summed E-state index contributed by atoms with van der Waals surface area (Å²) in [6.45, 7) is 6.83. The first kappa shape index (κ1) is 26.0. The molecular weight excluding hydrogens is 492 g/mol. The van der Waals surface area contributed by atoms with Crippen LogP contribution in [-0.4, -0.2) is 22.3 Å². The van der Waals surface area contributed by atoms with Gasteiger partial charge in [-0.25, -0.2) is 4.79 Å². The Labute approximate surface area is 220 Å². The molecule has 1 unspecified atom stereocenters. The molecule has 0 spiro atoms. The molecule has 8 heteroatoms. The van der Waals surface area contributed by atoms with Crippen LogP contribution in [0.2, 0.25) is 5.02 Å². The highest BCUT2D eigenvalue weighted by atomic mass is 35.5. The Kier molecular flexibility index (Phi) is 7.36. The van der Waals surface area contributed by atoms with E-state index in [0.717, 1.165) is 22.3 Å². The number of carboxylic acid groups (broad SMARTS) is 1. The standard InChI is InChI=1S/C29H27ClN2O5/c1-17-25(31-28(35)36-18(2)23-7-5-6-8-24(23)30)26(37-32-17)21-11-9-19(10-12-21)20-13-15-22(16-14-20)29(3,4)27(33)34/h5-16,18H,1-4H3,(H,31,35)(H,33,34). The van der Waals surface area contributed by atoms with E-state index in [9.17, 15) is 14.7 Å². The fourth-order valence-electron chi connectivity index (χ4n) is 3.89. The number of nitrogens with one attached hydrogen (secondary N) is 1. The third-order valence-corrected chi connectivity index (χ3v) is 6.68. The summed E-state index contributed by atoms with van der Waals surface area (Å²) in [5, 5.41) is 16.7. The molecule has 1 amide bonds. The van der Waals surface area contributed by atoms with Crippen molar-refractivity contribution in [2.24, 2.45) is 0 Å². The molecule has 0 saturated heterocycles. The molecule has 3 aromatic carbocycles. The fourth-order valence-corrected chi connectivity index (χ4v) is 4.18. The summed E-state index contributed by atoms with van der Waals surface area (Å²) in [6, 6.07) is 22.2. The maximum atomic E-state index is 12.6. The Hall–Kier alpha value is -4.10. The van der Waals surface area contributed by atoms with Crippen LogP contribution in [0.4, 0.5) is 10.5 Å². The summed E-state index contributed by atoms with van der Waals surface area (Å²) in [7, 11) is 0. The quantitative estimate of drug-likeness (QED) is 0.260. The number of nitrogens with zero attached hydrogens (tertiary/aromatic N) is 1. The molecule has 37 heavy (non-hydrogen) atoms. The number of aryl methyl sites for hydroxylation is 1. The van der Waals surface area contributed by atoms with Crippen molar-refractivity contribution in [1.82, 2.24) is 5.16 Å². The molecule has 0 aliphatic carbocycles. The average Bonchev–Trinajstić information content (AvgIpc) is 3.24. The minimum atomic E-state index is -0.970. The van der Waals surface area contributed by atoms with Crippen LogP contribution in [0.5, 0.6) is 0 Å². The van der Waals surface area contributed by atoms with Crippen LogP contribution in [-0.2, 0) is 14.9 Å². The van der Waals surface area contributed by atoms with Gasteiger partial charge < -0.3 is 14.4 Å². The van der Waals surface area contributed by atoms with E-state index in [2.05, 4.69) is 10.5 Å². The molecule has 4 aromatic rings. The summed E-state index contributed by atoms with van der Waals surface area (Å²) < 4.78 is 11.0. The number of rotatable bonds is 7. The lowest BCUT2D eigenvalue weighted by atomic mass is 9.84. The fraction of sp³-hybridized carbons (Fsp3) is 0.207. The molecule has 1 aromatic heterocycles. The van der Waals surface area contributed by atoms with Crippen LogP contribution in [0, 0.1) is 6.92 Å². The second-order valence-corrected chi connectivity index (χ2v) is 9.66. The second-order valence-electron chi connectivity index (χ2n) is 9.25. The number of halogens is 1. The van der Waals surface area contributed by atoms with Gasteiger partial charge >= 0.3 is 12.1 Å². The lowest BCUT2D eigenvalue weighted by Crippen LogP contribution is -2.28. The van der Waals surface area contributed by atoms with Gasteiger partial charge in [0.05, 0.1) is 5.41 Å². The van der Waals surface area contributed by atoms with Gasteiger partial charge in [0.2, 0.25) is 0 Å². The Bertz CT molecular complexity index is 1430. The van der Waals surface area contributed by atoms with Crippen LogP contribution >= 0.6 is 11.6 Å². The number of carbonyl (C=O) groups excluding carboxylic acids is 1. The number of amides is 1. The van der Waals surface area contributed by atoms with E-state index in [1.54, 1.807) is 39.8 Å². The zero-order chi connectivity index (χ0) is 26.7. The Morgan fingerprint density at radius 2 is 1.54 bits per heavy atom. The van der Waals surface area contributed by atoms with E-state index >= 15 is 0 Å². The summed E-state index contributed by atoms with van der Waals surface area (Å²) in [6.07, 6.45) is -1.20. The van der Waals surface area contributed by atoms with Gasteiger partial charge in [-0.15, -0.1) is 0 Å². The first-order valence-corrected chi connectivity index (χ1v) is 12.1. The molecule has 0 aliphatic rings. The Balaban J connectivity index is 1.50. The third-order valence-electron chi connectivity index (χ3n) is 6.34. The van der Waals surface area contributed by atoms with Crippen LogP contribution in [0.15, 0.2) is 77.3 Å². The average molecular weight is 519 g/mol. The van der Waals surface area contributed by atoms with Crippen LogP contribution in [0.1, 0.15) is 43.7 Å². The summed E-state index contributed by atoms with van der Waals surface area (Å²) in [5.41, 5.74) is 4.01. The number of carbonyl (C=O) groups is 2. The van der Waals surface area contributed by atoms with E-state index in [1.165, 1.54) is 0 Å². The maximum absolute atomic E-state index is 12.6. The lowest BCUT2D eigenvalue weighted by Gasteiger charge is -2.19. The smallest absolute Gasteiger partial charge is 0.412 e. The molecule has 0 radical (unpaired) electrons. The van der Waals surface area contributed by atoms with E-state index < -0.39 is 23.6 Å². The van der Waals surface area contributed by atoms with Gasteiger partial charge in [-0.05, 0) is 50.5 Å². The van der Waals surface area contributed by atoms with Crippen LogP contribution < -0.4 is 5.32 Å². The van der Waals surface area contributed by atoms with Gasteiger partial charge in [-0.1, -0.05) is 83.5 Å². The summed E-state index contributed by atoms with van der Waals surface area (Å²) in [5.74, 6) is -0.469. The van der Waals surface area contributed by atoms with Gasteiger partial charge in [-0.3, -0.25) is 10.1 Å². The van der Waals surface area contributed by atoms with Crippen molar-refractivity contribution >= 4 is 29.4 Å². The third kappa shape index (κ3) is 5.52. The topological polar surface area (TPSA) is 102 Å². The van der Waals surface area contributed by atoms with Crippen LogP contribution in [0.3, 0.4) is 0 Å². The van der Waals surface area contributed by atoms with E-state index in [0.29, 0.717) is 27.7 Å². The van der Waals surface area contributed by atoms with Crippen molar-refractivity contribution in [2.45, 2.75) is 39.2 Å². The molecule has 0 aliphatic heterocycles. The van der Waals surface area contributed by atoms with Crippen molar-refractivity contribution in [3.05, 3.63) is 94.6 Å². The normalized spacial score (nSPS) is 12.1. The van der Waals surface area contributed by atoms with E-state index in [-0.39, 0.29) is 0 Å². The second kappa shape index (κ2) is 10.5. The number of anilines is 1. The monoisotopic (exact) mass is 518 g/mol. The number of ether oxygens (including phenoxy) is 1. The number of aliphatic carboxylic acids is 1. The van der Waals surface area contributed by atoms with Gasteiger partial charge in [0, 0.05) is 16.1 Å². The molecule has 2 N–H and O–H groups in total. The Morgan fingerprint density at radius 3 is 2.14 bits per heavy atom. The Morgan fingerprint density at radius 1 is 0.973 bits per heavy atom. The molecule has 0 fully saturated rings. The largest absolute Gasteiger partial charge is 0.481 e. The minimum absolute atomic E-state index is 0.407. The van der Waals surface area contributed by atoms with Crippen molar-refractivity contribution in [3.8, 4) is 22.5 Å². The molecule has 190 valence electrons. The molecule has 7 nitrogen and oxygen atoms in total. The molecule has 1 heterocycles. The minimum Gasteiger partial charge on any atom is -0.481 e. The van der Waals surface area contributed by atoms with Gasteiger partial charge in [0.1, 0.15) is 17.5 Å². The maximum Gasteiger partial charge on any atom is 0.412 e. The molecule has 4 rings (SSSR count). The van der Waals surface area contributed by atoms with Crippen molar-refractivity contribution in [1.29, 1.82) is 0 Å². The first-order valence-electron chi connectivity index (χ1n) is 11.7. The summed E-state index contributed by atoms with van der Waals surface area (Å²) in [4.78, 5) is 24.2. The van der Waals surface area contributed by atoms with Crippen molar-refractivity contribution < 1.29 is 24.0 Å². The lowest BCUT2D eigenvalue weighted by molar-refractivity contribution is -0.142. The molecular formula is C29H27ClN2O5. The number of hydrogen-bond acceptors (Lipinski definition) is 5. The number of benzene rings is 3. The van der Waals surface area contributed by atoms with E-state index in [1.807, 2.05) is 60.7 Å². The highest BCUT2D eigenvalue weighted by Crippen LogP contribution is 2.34. The van der Waals surface area contributed by atoms with Gasteiger partial charge in [0.25, 0.3) is 0 Å². The summed E-state index contributed by atoms with van der Waals surface area (Å²) >= 11 is 6.21. The first-order chi connectivity index (χ1) is 17.6. The van der Waals surface area contributed by atoms with E-state index in [4.69, 9.17) is 20.9 Å². The molecule has 0 saturated carbocycles. The predicted octanol–water partition coefficient (Wildman–Crippen LogP) is 7.64. The van der Waals surface area contributed by atoms with Crippen LogP contribution in [0.25, 0.3) is 22.5 Å². The number of aromatic nitrogens is 1. The van der Waals surface area contributed by atoms with Crippen molar-refractivity contribution in [2.75, 3.05) is 5.32 Å². The van der Waals surface area contributed by atoms with Crippen molar-refractivity contribution in [3.63, 3.8) is 0 Å². The van der Waals surface area contributed by atoms with Gasteiger partial charge in [-0.2, -0.15) is 0 Å². The molecule has 1 atom stereocenters. The highest BCUT2D eigenvalue weighted by molar-refractivity contribution is 6.31. The SMILES string of the molecule is Cc1noc(-c2ccc(-c3ccc(C(C)(C)C(=O)O)cc3)cc2)c1NC(=O)OC(C)c1ccccc1Cl. The number of hydrogen-bond donors (Lipinski definition) is 2. The van der Waals surface area contributed by atoms with Gasteiger partial charge in [0.15, 0.2) is 5.76 Å². The highest BCUT2D eigenvalue weighted by Gasteiger charge is 2.29. The number of carboxylic acids is 1. The molecule has 0 bridgehead atoms. The zero-order valence-electron chi connectivity index (χ0n) is 20.9.